The van der Waals surface area contributed by atoms with Crippen LogP contribution in [-0.2, 0) is 0 Å². The van der Waals surface area contributed by atoms with Crippen LogP contribution in [0.5, 0.6) is 0 Å². The minimum absolute atomic E-state index is 0.782. The molecule has 2 unspecified atom stereocenters. The maximum atomic E-state index is 3.23. The summed E-state index contributed by atoms with van der Waals surface area (Å²) < 4.78 is 0. The van der Waals surface area contributed by atoms with E-state index in [1.54, 1.807) is 0 Å². The highest BCUT2D eigenvalue weighted by atomic mass is 14.8. The molecular weight excluding hydrogens is 134 g/mol. The maximum absolute atomic E-state index is 3.23. The smallest absolute Gasteiger partial charge is 0.00112 e. The van der Waals surface area contributed by atoms with Crippen molar-refractivity contribution in [3.05, 3.63) is 12.2 Å². The molecule has 0 amide bonds. The van der Waals surface area contributed by atoms with E-state index in [2.05, 4.69) is 24.4 Å². The Morgan fingerprint density at radius 1 is 1.36 bits per heavy atom. The maximum Gasteiger partial charge on any atom is 0.00112 e. The zero-order chi connectivity index (χ0) is 8.10. The SMILES string of the molecule is CNCC1C=CC(C)CCC1. The first kappa shape index (κ1) is 8.79. The van der Waals surface area contributed by atoms with Gasteiger partial charge in [0.2, 0.25) is 0 Å². The van der Waals surface area contributed by atoms with Crippen LogP contribution in [0.2, 0.25) is 0 Å². The van der Waals surface area contributed by atoms with Crippen molar-refractivity contribution in [2.45, 2.75) is 26.2 Å². The third-order valence-corrected chi connectivity index (χ3v) is 2.41. The second kappa shape index (κ2) is 4.55. The molecule has 2 atom stereocenters. The zero-order valence-electron chi connectivity index (χ0n) is 7.64. The average molecular weight is 153 g/mol. The van der Waals surface area contributed by atoms with E-state index in [1.165, 1.54) is 19.3 Å². The second-order valence-electron chi connectivity index (χ2n) is 3.61. The van der Waals surface area contributed by atoms with Crippen LogP contribution in [-0.4, -0.2) is 13.6 Å². The predicted molar refractivity (Wildman–Crippen MR) is 49.6 cm³/mol. The molecular formula is C10H19N. The van der Waals surface area contributed by atoms with Crippen LogP contribution in [0.1, 0.15) is 26.2 Å². The van der Waals surface area contributed by atoms with Gasteiger partial charge in [0.15, 0.2) is 0 Å². The Bertz CT molecular complexity index is 129. The van der Waals surface area contributed by atoms with Gasteiger partial charge in [-0.3, -0.25) is 0 Å². The van der Waals surface area contributed by atoms with E-state index in [4.69, 9.17) is 0 Å². The standard InChI is InChI=1S/C10H19N/c1-9-4-3-5-10(7-6-9)8-11-2/h6-7,9-11H,3-5,8H2,1-2H3. The van der Waals surface area contributed by atoms with Gasteiger partial charge in [-0.1, -0.05) is 25.5 Å². The largest absolute Gasteiger partial charge is 0.319 e. The number of hydrogen-bond acceptors (Lipinski definition) is 1. The van der Waals surface area contributed by atoms with Gasteiger partial charge in [-0.2, -0.15) is 0 Å². The highest BCUT2D eigenvalue weighted by Crippen LogP contribution is 2.19. The molecule has 0 spiro atoms. The van der Waals surface area contributed by atoms with Crippen LogP contribution in [0, 0.1) is 11.8 Å². The molecule has 0 aromatic heterocycles. The van der Waals surface area contributed by atoms with Gasteiger partial charge in [0.05, 0.1) is 0 Å². The molecule has 0 saturated heterocycles. The van der Waals surface area contributed by atoms with E-state index in [0.29, 0.717) is 0 Å². The first-order valence-electron chi connectivity index (χ1n) is 4.66. The molecule has 64 valence electrons. The minimum Gasteiger partial charge on any atom is -0.319 e. The van der Waals surface area contributed by atoms with E-state index in [9.17, 15) is 0 Å². The Morgan fingerprint density at radius 2 is 2.18 bits per heavy atom. The molecule has 0 saturated carbocycles. The number of rotatable bonds is 2. The van der Waals surface area contributed by atoms with Crippen molar-refractivity contribution in [2.75, 3.05) is 13.6 Å². The molecule has 1 heteroatoms. The van der Waals surface area contributed by atoms with Gasteiger partial charge in [-0.05, 0) is 31.7 Å². The third kappa shape index (κ3) is 3.06. The summed E-state index contributed by atoms with van der Waals surface area (Å²) in [5.74, 6) is 1.59. The van der Waals surface area contributed by atoms with Crippen molar-refractivity contribution in [1.29, 1.82) is 0 Å². The van der Waals surface area contributed by atoms with E-state index < -0.39 is 0 Å². The third-order valence-electron chi connectivity index (χ3n) is 2.41. The van der Waals surface area contributed by atoms with Crippen LogP contribution < -0.4 is 5.32 Å². The number of allylic oxidation sites excluding steroid dienone is 1. The molecule has 0 heterocycles. The molecule has 1 aliphatic carbocycles. The van der Waals surface area contributed by atoms with E-state index in [-0.39, 0.29) is 0 Å². The lowest BCUT2D eigenvalue weighted by molar-refractivity contribution is 0.515. The van der Waals surface area contributed by atoms with Crippen molar-refractivity contribution in [1.82, 2.24) is 5.32 Å². The van der Waals surface area contributed by atoms with Crippen molar-refractivity contribution in [2.24, 2.45) is 11.8 Å². The van der Waals surface area contributed by atoms with Crippen LogP contribution in [0.3, 0.4) is 0 Å². The summed E-state index contributed by atoms with van der Waals surface area (Å²) in [6.45, 7) is 3.45. The molecule has 0 aromatic rings. The summed E-state index contributed by atoms with van der Waals surface area (Å²) in [5.41, 5.74) is 0. The quantitative estimate of drug-likeness (QED) is 0.600. The van der Waals surface area contributed by atoms with Crippen molar-refractivity contribution >= 4 is 0 Å². The molecule has 0 aromatic carbocycles. The number of nitrogens with one attached hydrogen (secondary N) is 1. The zero-order valence-corrected chi connectivity index (χ0v) is 7.64. The van der Waals surface area contributed by atoms with E-state index in [1.807, 2.05) is 7.05 Å². The lowest BCUT2D eigenvalue weighted by Gasteiger charge is -2.08. The molecule has 1 rings (SSSR count). The first-order chi connectivity index (χ1) is 5.33. The van der Waals surface area contributed by atoms with Crippen LogP contribution in [0.25, 0.3) is 0 Å². The Morgan fingerprint density at radius 3 is 2.91 bits per heavy atom. The van der Waals surface area contributed by atoms with Gasteiger partial charge >= 0.3 is 0 Å². The highest BCUT2D eigenvalue weighted by Gasteiger charge is 2.09. The first-order valence-corrected chi connectivity index (χ1v) is 4.66. The summed E-state index contributed by atoms with van der Waals surface area (Å²) in [6.07, 6.45) is 8.88. The van der Waals surface area contributed by atoms with E-state index >= 15 is 0 Å². The lowest BCUT2D eigenvalue weighted by Crippen LogP contribution is -2.16. The van der Waals surface area contributed by atoms with Gasteiger partial charge in [0.25, 0.3) is 0 Å². The predicted octanol–water partition coefficient (Wildman–Crippen LogP) is 2.20. The summed E-state index contributed by atoms with van der Waals surface area (Å²) >= 11 is 0. The number of hydrogen-bond donors (Lipinski definition) is 1. The Kier molecular flexibility index (Phi) is 3.64. The molecule has 0 radical (unpaired) electrons. The second-order valence-corrected chi connectivity index (χ2v) is 3.61. The molecule has 1 nitrogen and oxygen atoms in total. The summed E-state index contributed by atoms with van der Waals surface area (Å²) in [4.78, 5) is 0. The molecule has 0 fully saturated rings. The van der Waals surface area contributed by atoms with Crippen molar-refractivity contribution in [3.8, 4) is 0 Å². The minimum atomic E-state index is 0.782. The van der Waals surface area contributed by atoms with Crippen molar-refractivity contribution in [3.63, 3.8) is 0 Å². The van der Waals surface area contributed by atoms with Gasteiger partial charge < -0.3 is 5.32 Å². The van der Waals surface area contributed by atoms with Crippen LogP contribution in [0.15, 0.2) is 12.2 Å². The van der Waals surface area contributed by atoms with Gasteiger partial charge in [0, 0.05) is 6.54 Å². The molecule has 1 aliphatic rings. The van der Waals surface area contributed by atoms with Crippen molar-refractivity contribution < 1.29 is 0 Å². The Hall–Kier alpha value is -0.300. The van der Waals surface area contributed by atoms with Gasteiger partial charge in [-0.25, -0.2) is 0 Å². The molecule has 11 heavy (non-hydrogen) atoms. The average Bonchev–Trinajstić information content (AvgIpc) is 2.17. The molecule has 1 N–H and O–H groups in total. The normalized spacial score (nSPS) is 31.8. The van der Waals surface area contributed by atoms with E-state index in [0.717, 1.165) is 18.4 Å². The summed E-state index contributed by atoms with van der Waals surface area (Å²) in [5, 5.41) is 3.23. The Balaban J connectivity index is 2.36. The fourth-order valence-corrected chi connectivity index (χ4v) is 1.67. The molecule has 0 aliphatic heterocycles. The summed E-state index contributed by atoms with van der Waals surface area (Å²) in [7, 11) is 2.03. The fourth-order valence-electron chi connectivity index (χ4n) is 1.67. The summed E-state index contributed by atoms with van der Waals surface area (Å²) in [6, 6.07) is 0. The van der Waals surface area contributed by atoms with Gasteiger partial charge in [-0.15, -0.1) is 0 Å². The van der Waals surface area contributed by atoms with Gasteiger partial charge in [0.1, 0.15) is 0 Å². The fraction of sp³-hybridized carbons (Fsp3) is 0.800. The topological polar surface area (TPSA) is 12.0 Å². The highest BCUT2D eigenvalue weighted by molar-refractivity contribution is 4.94. The molecule has 0 bridgehead atoms. The van der Waals surface area contributed by atoms with Crippen LogP contribution >= 0.6 is 0 Å². The Labute approximate surface area is 69.9 Å². The lowest BCUT2D eigenvalue weighted by atomic mass is 10.0. The van der Waals surface area contributed by atoms with Crippen LogP contribution in [0.4, 0.5) is 0 Å². The monoisotopic (exact) mass is 153 g/mol.